The topological polar surface area (TPSA) is 99.5 Å². The normalized spacial score (nSPS) is 17.3. The molecule has 2 aromatic rings. The second kappa shape index (κ2) is 11.9. The van der Waals surface area contributed by atoms with Crippen molar-refractivity contribution in [3.63, 3.8) is 0 Å². The molecule has 0 spiro atoms. The van der Waals surface area contributed by atoms with Crippen LogP contribution in [-0.4, -0.2) is 71.6 Å². The zero-order valence-electron chi connectivity index (χ0n) is 21.7. The number of likely N-dealkylation sites (tertiary alicyclic amines) is 1. The number of ketones is 1. The third kappa shape index (κ3) is 5.82. The van der Waals surface area contributed by atoms with E-state index in [0.29, 0.717) is 42.5 Å². The molecule has 0 aromatic heterocycles. The van der Waals surface area contributed by atoms with Crippen LogP contribution in [0.3, 0.4) is 0 Å². The summed E-state index contributed by atoms with van der Waals surface area (Å²) in [5.41, 5.74) is 0.967. The summed E-state index contributed by atoms with van der Waals surface area (Å²) >= 11 is 0. The van der Waals surface area contributed by atoms with E-state index in [0.717, 1.165) is 13.1 Å². The van der Waals surface area contributed by atoms with E-state index >= 15 is 0 Å². The van der Waals surface area contributed by atoms with Gasteiger partial charge in [0.15, 0.2) is 11.5 Å². The van der Waals surface area contributed by atoms with Crippen molar-refractivity contribution in [1.29, 1.82) is 0 Å². The highest BCUT2D eigenvalue weighted by Gasteiger charge is 2.46. The average Bonchev–Trinajstić information content (AvgIpc) is 3.13. The zero-order chi connectivity index (χ0) is 26.4. The predicted molar refractivity (Wildman–Crippen MR) is 138 cm³/mol. The first-order valence-corrected chi connectivity index (χ1v) is 12.3. The minimum absolute atomic E-state index is 0.00291. The van der Waals surface area contributed by atoms with Gasteiger partial charge in [-0.1, -0.05) is 33.8 Å². The third-order valence-corrected chi connectivity index (χ3v) is 6.32. The van der Waals surface area contributed by atoms with Crippen molar-refractivity contribution in [3.8, 4) is 17.2 Å². The molecule has 8 heteroatoms. The first-order valence-electron chi connectivity index (χ1n) is 12.3. The Morgan fingerprint density at radius 2 is 1.75 bits per heavy atom. The van der Waals surface area contributed by atoms with E-state index in [-0.39, 0.29) is 22.8 Å². The van der Waals surface area contributed by atoms with Crippen LogP contribution in [0.15, 0.2) is 48.0 Å². The Morgan fingerprint density at radius 1 is 1.08 bits per heavy atom. The van der Waals surface area contributed by atoms with Gasteiger partial charge >= 0.3 is 0 Å². The fraction of sp³-hybridized carbons (Fsp3) is 0.429. The Bertz CT molecular complexity index is 1110. The molecular weight excluding hydrogens is 460 g/mol. The number of benzene rings is 2. The first kappa shape index (κ1) is 27.1. The summed E-state index contributed by atoms with van der Waals surface area (Å²) in [5.74, 6) is -0.493. The highest BCUT2D eigenvalue weighted by atomic mass is 16.5. The molecular formula is C28H36N2O6. The largest absolute Gasteiger partial charge is 0.507 e. The zero-order valence-corrected chi connectivity index (χ0v) is 21.7. The molecule has 8 nitrogen and oxygen atoms in total. The standard InChI is InChI=1S/C28H36N2O6/c1-6-29(7-2)14-15-30-25(20-10-13-22(31)23(16-20)35-5)24(27(33)28(30)34)26(32)19-8-11-21(12-9-19)36-17-18(3)4/h8-13,16,18,25,31-32H,6-7,14-15,17H2,1-5H3/b26-24-. The number of hydrogen-bond donors (Lipinski definition) is 2. The fourth-order valence-electron chi connectivity index (χ4n) is 4.24. The summed E-state index contributed by atoms with van der Waals surface area (Å²) in [5, 5.41) is 21.4. The summed E-state index contributed by atoms with van der Waals surface area (Å²) in [6.45, 7) is 11.2. The highest BCUT2D eigenvalue weighted by molar-refractivity contribution is 6.46. The number of likely N-dealkylation sites (N-methyl/N-ethyl adjacent to an activating group) is 1. The quantitative estimate of drug-likeness (QED) is 0.273. The van der Waals surface area contributed by atoms with Gasteiger partial charge in [0.1, 0.15) is 11.5 Å². The lowest BCUT2D eigenvalue weighted by Gasteiger charge is -2.28. The molecule has 0 bridgehead atoms. The molecule has 1 amide bonds. The Balaban J connectivity index is 2.06. The molecule has 36 heavy (non-hydrogen) atoms. The maximum Gasteiger partial charge on any atom is 0.295 e. The van der Waals surface area contributed by atoms with E-state index in [1.54, 1.807) is 36.4 Å². The summed E-state index contributed by atoms with van der Waals surface area (Å²) < 4.78 is 11.0. The van der Waals surface area contributed by atoms with Gasteiger partial charge in [-0.3, -0.25) is 9.59 Å². The number of nitrogens with zero attached hydrogens (tertiary/aromatic N) is 2. The van der Waals surface area contributed by atoms with Gasteiger partial charge in [0.05, 0.1) is 25.3 Å². The molecule has 3 rings (SSSR count). The molecule has 1 aliphatic rings. The third-order valence-electron chi connectivity index (χ3n) is 6.32. The Labute approximate surface area is 212 Å². The number of phenols is 1. The van der Waals surface area contributed by atoms with Crippen LogP contribution in [0.25, 0.3) is 5.76 Å². The summed E-state index contributed by atoms with van der Waals surface area (Å²) in [6, 6.07) is 10.7. The number of hydrogen-bond acceptors (Lipinski definition) is 7. The van der Waals surface area contributed by atoms with Crippen molar-refractivity contribution in [2.24, 2.45) is 5.92 Å². The molecule has 0 aliphatic carbocycles. The summed E-state index contributed by atoms with van der Waals surface area (Å²) in [7, 11) is 1.43. The monoisotopic (exact) mass is 496 g/mol. The highest BCUT2D eigenvalue weighted by Crippen LogP contribution is 2.41. The van der Waals surface area contributed by atoms with E-state index in [1.165, 1.54) is 18.1 Å². The number of phenolic OH excluding ortho intramolecular Hbond substituents is 1. The number of ether oxygens (including phenoxy) is 2. The minimum atomic E-state index is -0.827. The van der Waals surface area contributed by atoms with Crippen LogP contribution < -0.4 is 9.47 Å². The van der Waals surface area contributed by atoms with Gasteiger partial charge in [-0.15, -0.1) is 0 Å². The number of Topliss-reactive ketones (excluding diaryl/α,β-unsaturated/α-hetero) is 1. The van der Waals surface area contributed by atoms with Crippen LogP contribution in [0.1, 0.15) is 44.9 Å². The van der Waals surface area contributed by atoms with Crippen LogP contribution in [0.2, 0.25) is 0 Å². The van der Waals surface area contributed by atoms with Crippen LogP contribution in [-0.2, 0) is 9.59 Å². The molecule has 1 aliphatic heterocycles. The van der Waals surface area contributed by atoms with E-state index in [9.17, 15) is 19.8 Å². The number of aliphatic hydroxyl groups excluding tert-OH is 1. The van der Waals surface area contributed by atoms with E-state index < -0.39 is 17.7 Å². The first-order chi connectivity index (χ1) is 17.2. The van der Waals surface area contributed by atoms with E-state index in [4.69, 9.17) is 9.47 Å². The van der Waals surface area contributed by atoms with Crippen molar-refractivity contribution in [1.82, 2.24) is 9.80 Å². The Kier molecular flexibility index (Phi) is 8.98. The van der Waals surface area contributed by atoms with Gasteiger partial charge in [-0.05, 0) is 61.0 Å². The number of methoxy groups -OCH3 is 1. The van der Waals surface area contributed by atoms with Gasteiger partial charge in [0.2, 0.25) is 0 Å². The Morgan fingerprint density at radius 3 is 2.33 bits per heavy atom. The van der Waals surface area contributed by atoms with Crippen LogP contribution >= 0.6 is 0 Å². The molecule has 1 fully saturated rings. The van der Waals surface area contributed by atoms with Crippen molar-refractivity contribution in [3.05, 3.63) is 59.2 Å². The summed E-state index contributed by atoms with van der Waals surface area (Å²) in [6.07, 6.45) is 0. The van der Waals surface area contributed by atoms with Crippen molar-refractivity contribution < 1.29 is 29.3 Å². The maximum atomic E-state index is 13.2. The molecule has 1 atom stereocenters. The van der Waals surface area contributed by atoms with Crippen LogP contribution in [0.5, 0.6) is 17.2 Å². The number of carbonyl (C=O) groups excluding carboxylic acids is 2. The molecule has 1 unspecified atom stereocenters. The molecule has 1 heterocycles. The van der Waals surface area contributed by atoms with E-state index in [1.807, 2.05) is 13.8 Å². The van der Waals surface area contributed by atoms with Crippen molar-refractivity contribution in [2.75, 3.05) is 39.9 Å². The van der Waals surface area contributed by atoms with Gasteiger partial charge in [0, 0.05) is 18.7 Å². The van der Waals surface area contributed by atoms with Crippen LogP contribution in [0, 0.1) is 5.92 Å². The predicted octanol–water partition coefficient (Wildman–Crippen LogP) is 4.20. The second-order valence-electron chi connectivity index (χ2n) is 9.18. The molecule has 0 radical (unpaired) electrons. The van der Waals surface area contributed by atoms with E-state index in [2.05, 4.69) is 18.7 Å². The lowest BCUT2D eigenvalue weighted by atomic mass is 9.95. The second-order valence-corrected chi connectivity index (χ2v) is 9.18. The van der Waals surface area contributed by atoms with Gasteiger partial charge in [0.25, 0.3) is 11.7 Å². The number of aliphatic hydroxyl groups is 1. The Hall–Kier alpha value is -3.52. The minimum Gasteiger partial charge on any atom is -0.507 e. The van der Waals surface area contributed by atoms with Gasteiger partial charge < -0.3 is 29.5 Å². The molecule has 1 saturated heterocycles. The lowest BCUT2D eigenvalue weighted by molar-refractivity contribution is -0.140. The molecule has 2 N–H and O–H groups in total. The molecule has 194 valence electrons. The maximum absolute atomic E-state index is 13.2. The number of carbonyl (C=O) groups is 2. The van der Waals surface area contributed by atoms with Crippen LogP contribution in [0.4, 0.5) is 0 Å². The SMILES string of the molecule is CCN(CC)CCN1C(=O)C(=O)/C(=C(\O)c2ccc(OCC(C)C)cc2)C1c1ccc(O)c(OC)c1. The van der Waals surface area contributed by atoms with Crippen molar-refractivity contribution >= 4 is 17.4 Å². The lowest BCUT2D eigenvalue weighted by Crippen LogP contribution is -2.38. The van der Waals surface area contributed by atoms with Gasteiger partial charge in [-0.2, -0.15) is 0 Å². The number of amides is 1. The van der Waals surface area contributed by atoms with Crippen molar-refractivity contribution in [2.45, 2.75) is 33.7 Å². The fourth-order valence-corrected chi connectivity index (χ4v) is 4.24. The average molecular weight is 497 g/mol. The summed E-state index contributed by atoms with van der Waals surface area (Å²) in [4.78, 5) is 30.0. The molecule has 2 aromatic carbocycles. The number of rotatable bonds is 11. The molecule has 0 saturated carbocycles. The smallest absolute Gasteiger partial charge is 0.295 e. The number of aromatic hydroxyl groups is 1. The van der Waals surface area contributed by atoms with Gasteiger partial charge in [-0.25, -0.2) is 0 Å².